The predicted octanol–water partition coefficient (Wildman–Crippen LogP) is 2.17. The summed E-state index contributed by atoms with van der Waals surface area (Å²) in [7, 11) is 3.29. The van der Waals surface area contributed by atoms with Gasteiger partial charge < -0.3 is 15.1 Å². The number of aromatic nitrogens is 1. The van der Waals surface area contributed by atoms with Gasteiger partial charge in [0.05, 0.1) is 5.69 Å². The van der Waals surface area contributed by atoms with E-state index in [-0.39, 0.29) is 24.3 Å². The summed E-state index contributed by atoms with van der Waals surface area (Å²) < 4.78 is 13.1. The number of rotatable bonds is 5. The van der Waals surface area contributed by atoms with Crippen molar-refractivity contribution >= 4 is 40.0 Å². The molecule has 0 bridgehead atoms. The van der Waals surface area contributed by atoms with Gasteiger partial charge in [0.15, 0.2) is 5.13 Å². The molecule has 28 heavy (non-hydrogen) atoms. The number of nitrogens with zero attached hydrogens (tertiary/aromatic N) is 4. The van der Waals surface area contributed by atoms with Gasteiger partial charge in [0.25, 0.3) is 5.91 Å². The highest BCUT2D eigenvalue weighted by Gasteiger charge is 2.31. The zero-order valence-corrected chi connectivity index (χ0v) is 16.5. The summed E-state index contributed by atoms with van der Waals surface area (Å²) >= 11 is 1.10. The van der Waals surface area contributed by atoms with Crippen LogP contribution in [0.25, 0.3) is 0 Å². The molecule has 3 rings (SSSR count). The minimum absolute atomic E-state index is 0.133. The highest BCUT2D eigenvalue weighted by Crippen LogP contribution is 2.24. The Kier molecular flexibility index (Phi) is 5.59. The van der Waals surface area contributed by atoms with Crippen molar-refractivity contribution in [3.05, 3.63) is 40.7 Å². The van der Waals surface area contributed by atoms with Crippen molar-refractivity contribution in [1.29, 1.82) is 0 Å². The molecule has 1 aliphatic rings. The van der Waals surface area contributed by atoms with Crippen LogP contribution in [0.2, 0.25) is 0 Å². The number of halogens is 1. The number of amides is 4. The van der Waals surface area contributed by atoms with E-state index >= 15 is 0 Å². The van der Waals surface area contributed by atoms with Crippen LogP contribution in [0, 0.1) is 12.7 Å². The maximum absolute atomic E-state index is 13.1. The van der Waals surface area contributed by atoms with Crippen LogP contribution < -0.4 is 10.2 Å². The van der Waals surface area contributed by atoms with Gasteiger partial charge in [-0.3, -0.25) is 14.5 Å². The van der Waals surface area contributed by atoms with Crippen molar-refractivity contribution in [3.63, 3.8) is 0 Å². The van der Waals surface area contributed by atoms with Crippen LogP contribution in [0.1, 0.15) is 15.4 Å². The fourth-order valence-electron chi connectivity index (χ4n) is 2.77. The molecule has 1 fully saturated rings. The molecule has 1 saturated heterocycles. The molecular formula is C18H20FN5O3S. The first kappa shape index (κ1) is 19.7. The monoisotopic (exact) mass is 405 g/mol. The molecule has 148 valence electrons. The quantitative estimate of drug-likeness (QED) is 0.826. The number of hydrogen-bond donors (Lipinski definition) is 1. The van der Waals surface area contributed by atoms with Gasteiger partial charge in [0.2, 0.25) is 5.91 Å². The molecule has 4 amide bonds. The maximum Gasteiger partial charge on any atom is 0.325 e. The summed E-state index contributed by atoms with van der Waals surface area (Å²) in [5.74, 6) is -0.954. The standard InChI is InChI=1S/C18H20FN5O3S/c1-11-15(16(26)22(2)3)28-17(20-11)21-14(25)10-23-8-9-24(18(23)27)13-6-4-12(19)5-7-13/h4-7H,8-10H2,1-3H3,(H,20,21,25). The summed E-state index contributed by atoms with van der Waals surface area (Å²) in [6.45, 7) is 2.36. The van der Waals surface area contributed by atoms with Crippen LogP contribution >= 0.6 is 11.3 Å². The number of anilines is 2. The zero-order valence-electron chi connectivity index (χ0n) is 15.7. The molecule has 2 aromatic rings. The molecule has 0 aliphatic carbocycles. The van der Waals surface area contributed by atoms with Gasteiger partial charge in [0.1, 0.15) is 17.2 Å². The highest BCUT2D eigenvalue weighted by atomic mass is 32.1. The number of nitrogens with one attached hydrogen (secondary N) is 1. The van der Waals surface area contributed by atoms with E-state index in [0.717, 1.165) is 11.3 Å². The lowest BCUT2D eigenvalue weighted by Crippen LogP contribution is -2.37. The third kappa shape index (κ3) is 4.11. The smallest absolute Gasteiger partial charge is 0.325 e. The van der Waals surface area contributed by atoms with Crippen molar-refractivity contribution in [1.82, 2.24) is 14.8 Å². The first-order chi connectivity index (χ1) is 13.3. The summed E-state index contributed by atoms with van der Waals surface area (Å²) in [6.07, 6.45) is 0. The third-order valence-corrected chi connectivity index (χ3v) is 5.27. The lowest BCUT2D eigenvalue weighted by Gasteiger charge is -2.18. The number of aryl methyl sites for hydroxylation is 1. The van der Waals surface area contributed by atoms with E-state index in [1.54, 1.807) is 21.0 Å². The molecule has 0 radical (unpaired) electrons. The van der Waals surface area contributed by atoms with Crippen molar-refractivity contribution in [3.8, 4) is 0 Å². The van der Waals surface area contributed by atoms with E-state index in [0.29, 0.717) is 34.5 Å². The second-order valence-corrected chi connectivity index (χ2v) is 7.51. The number of hydrogen-bond acceptors (Lipinski definition) is 5. The Morgan fingerprint density at radius 1 is 1.25 bits per heavy atom. The maximum atomic E-state index is 13.1. The van der Waals surface area contributed by atoms with Gasteiger partial charge in [0, 0.05) is 32.9 Å². The van der Waals surface area contributed by atoms with Gasteiger partial charge in [-0.25, -0.2) is 14.2 Å². The molecule has 0 spiro atoms. The Morgan fingerprint density at radius 2 is 1.93 bits per heavy atom. The van der Waals surface area contributed by atoms with Crippen LogP contribution in [-0.2, 0) is 4.79 Å². The lowest BCUT2D eigenvalue weighted by molar-refractivity contribution is -0.116. The summed E-state index contributed by atoms with van der Waals surface area (Å²) in [5, 5.41) is 2.96. The van der Waals surface area contributed by atoms with Crippen molar-refractivity contribution < 1.29 is 18.8 Å². The molecule has 1 N–H and O–H groups in total. The van der Waals surface area contributed by atoms with Crippen LogP contribution in [0.5, 0.6) is 0 Å². The van der Waals surface area contributed by atoms with Crippen LogP contribution in [0.15, 0.2) is 24.3 Å². The normalized spacial score (nSPS) is 13.8. The number of carbonyl (C=O) groups excluding carboxylic acids is 3. The van der Waals surface area contributed by atoms with E-state index in [9.17, 15) is 18.8 Å². The lowest BCUT2D eigenvalue weighted by atomic mass is 10.3. The SMILES string of the molecule is Cc1nc(NC(=O)CN2CCN(c3ccc(F)cc3)C2=O)sc1C(=O)N(C)C. The largest absolute Gasteiger partial charge is 0.344 e. The summed E-state index contributed by atoms with van der Waals surface area (Å²) in [5.41, 5.74) is 1.12. The Labute approximate surface area is 165 Å². The van der Waals surface area contributed by atoms with Gasteiger partial charge in [-0.2, -0.15) is 0 Å². The van der Waals surface area contributed by atoms with E-state index in [1.165, 1.54) is 39.0 Å². The minimum Gasteiger partial charge on any atom is -0.344 e. The number of benzene rings is 1. The summed E-state index contributed by atoms with van der Waals surface area (Å²) in [4.78, 5) is 45.9. The first-order valence-corrected chi connectivity index (χ1v) is 9.39. The van der Waals surface area contributed by atoms with Gasteiger partial charge in [-0.1, -0.05) is 11.3 Å². The number of urea groups is 1. The van der Waals surface area contributed by atoms with Crippen LogP contribution in [0.4, 0.5) is 20.0 Å². The van der Waals surface area contributed by atoms with E-state index < -0.39 is 5.91 Å². The van der Waals surface area contributed by atoms with E-state index in [2.05, 4.69) is 10.3 Å². The van der Waals surface area contributed by atoms with Crippen molar-refractivity contribution in [2.45, 2.75) is 6.92 Å². The molecule has 0 saturated carbocycles. The Bertz CT molecular complexity index is 912. The van der Waals surface area contributed by atoms with Crippen molar-refractivity contribution in [2.75, 3.05) is 43.9 Å². The highest BCUT2D eigenvalue weighted by molar-refractivity contribution is 7.17. The first-order valence-electron chi connectivity index (χ1n) is 8.57. The Morgan fingerprint density at radius 3 is 2.57 bits per heavy atom. The van der Waals surface area contributed by atoms with Gasteiger partial charge in [-0.05, 0) is 31.2 Å². The van der Waals surface area contributed by atoms with Crippen LogP contribution in [0.3, 0.4) is 0 Å². The number of carbonyl (C=O) groups is 3. The molecule has 10 heteroatoms. The van der Waals surface area contributed by atoms with Gasteiger partial charge in [-0.15, -0.1) is 0 Å². The molecular weight excluding hydrogens is 385 g/mol. The summed E-state index contributed by atoms with van der Waals surface area (Å²) in [6, 6.07) is 5.31. The van der Waals surface area contributed by atoms with Gasteiger partial charge >= 0.3 is 6.03 Å². The second-order valence-electron chi connectivity index (χ2n) is 6.51. The topological polar surface area (TPSA) is 85.9 Å². The Hall–Kier alpha value is -3.01. The molecule has 1 aliphatic heterocycles. The molecule has 0 atom stereocenters. The predicted molar refractivity (Wildman–Crippen MR) is 104 cm³/mol. The van der Waals surface area contributed by atoms with E-state index in [4.69, 9.17) is 0 Å². The zero-order chi connectivity index (χ0) is 20.4. The van der Waals surface area contributed by atoms with Crippen molar-refractivity contribution in [2.24, 2.45) is 0 Å². The molecule has 8 nitrogen and oxygen atoms in total. The fourth-order valence-corrected chi connectivity index (χ4v) is 3.78. The average molecular weight is 405 g/mol. The number of thiazole rings is 1. The third-order valence-electron chi connectivity index (χ3n) is 4.21. The Balaban J connectivity index is 1.61. The molecule has 2 heterocycles. The molecule has 1 aromatic heterocycles. The second kappa shape index (κ2) is 7.93. The average Bonchev–Trinajstić information content (AvgIpc) is 3.18. The minimum atomic E-state index is -0.396. The molecule has 1 aromatic carbocycles. The van der Waals surface area contributed by atoms with E-state index in [1.807, 2.05) is 0 Å². The van der Waals surface area contributed by atoms with Crippen LogP contribution in [-0.4, -0.2) is 66.4 Å². The molecule has 0 unspecified atom stereocenters. The fraction of sp³-hybridized carbons (Fsp3) is 0.333.